The van der Waals surface area contributed by atoms with E-state index in [1.54, 1.807) is 42.9 Å². The molecule has 4 nitrogen and oxygen atoms in total. The molecule has 5 heteroatoms. The van der Waals surface area contributed by atoms with Crippen LogP contribution >= 0.6 is 11.8 Å². The van der Waals surface area contributed by atoms with Gasteiger partial charge in [0.25, 0.3) is 5.91 Å². The summed E-state index contributed by atoms with van der Waals surface area (Å²) in [7, 11) is 3.49. The summed E-state index contributed by atoms with van der Waals surface area (Å²) in [5, 5.41) is 3.77. The molecule has 0 heterocycles. The van der Waals surface area contributed by atoms with E-state index >= 15 is 0 Å². The van der Waals surface area contributed by atoms with E-state index in [9.17, 15) is 4.79 Å². The first-order valence-electron chi connectivity index (χ1n) is 5.83. The minimum Gasteiger partial charge on any atom is -0.399 e. The SMILES string of the molecule is CSC(C)CNc1cc(N)ccc1C(=O)N(C)C. The first-order valence-corrected chi connectivity index (χ1v) is 7.12. The minimum absolute atomic E-state index is 0.0192. The van der Waals surface area contributed by atoms with Gasteiger partial charge in [0.2, 0.25) is 0 Å². The molecule has 1 unspecified atom stereocenters. The maximum absolute atomic E-state index is 12.0. The van der Waals surface area contributed by atoms with Gasteiger partial charge < -0.3 is 16.0 Å². The number of nitrogens with two attached hydrogens (primary N) is 1. The van der Waals surface area contributed by atoms with Crippen LogP contribution in [0.3, 0.4) is 0 Å². The molecule has 3 N–H and O–H groups in total. The molecule has 0 aliphatic heterocycles. The Bertz CT molecular complexity index is 421. The lowest BCUT2D eigenvalue weighted by atomic mass is 10.1. The van der Waals surface area contributed by atoms with Crippen molar-refractivity contribution in [2.24, 2.45) is 0 Å². The molecular formula is C13H21N3OS. The van der Waals surface area contributed by atoms with E-state index < -0.39 is 0 Å². The Morgan fingerprint density at radius 3 is 2.72 bits per heavy atom. The Morgan fingerprint density at radius 1 is 1.50 bits per heavy atom. The average Bonchev–Trinajstić information content (AvgIpc) is 2.35. The molecule has 0 fully saturated rings. The number of benzene rings is 1. The minimum atomic E-state index is -0.0192. The van der Waals surface area contributed by atoms with Crippen molar-refractivity contribution in [3.63, 3.8) is 0 Å². The molecule has 1 amide bonds. The van der Waals surface area contributed by atoms with Crippen LogP contribution in [0.25, 0.3) is 0 Å². The fraction of sp³-hybridized carbons (Fsp3) is 0.462. The number of anilines is 2. The number of nitrogen functional groups attached to an aromatic ring is 1. The third-order valence-electron chi connectivity index (χ3n) is 2.66. The number of carbonyl (C=O) groups is 1. The number of rotatable bonds is 5. The summed E-state index contributed by atoms with van der Waals surface area (Å²) in [5.41, 5.74) is 7.89. The fourth-order valence-corrected chi connectivity index (χ4v) is 1.72. The second-order valence-electron chi connectivity index (χ2n) is 4.43. The Morgan fingerprint density at radius 2 is 2.17 bits per heavy atom. The number of carbonyl (C=O) groups excluding carboxylic acids is 1. The van der Waals surface area contributed by atoms with Crippen LogP contribution in [0.2, 0.25) is 0 Å². The molecule has 100 valence electrons. The topological polar surface area (TPSA) is 58.4 Å². The zero-order valence-corrected chi connectivity index (χ0v) is 12.2. The van der Waals surface area contributed by atoms with E-state index in [0.717, 1.165) is 12.2 Å². The lowest BCUT2D eigenvalue weighted by Crippen LogP contribution is -2.24. The number of hydrogen-bond acceptors (Lipinski definition) is 4. The van der Waals surface area contributed by atoms with E-state index in [4.69, 9.17) is 5.73 Å². The van der Waals surface area contributed by atoms with E-state index in [1.807, 2.05) is 6.07 Å². The number of hydrogen-bond donors (Lipinski definition) is 2. The molecular weight excluding hydrogens is 246 g/mol. The number of amides is 1. The van der Waals surface area contributed by atoms with Crippen LogP contribution in [0.4, 0.5) is 11.4 Å². The Labute approximate surface area is 113 Å². The van der Waals surface area contributed by atoms with Crippen LogP contribution in [-0.2, 0) is 0 Å². The van der Waals surface area contributed by atoms with Crippen LogP contribution in [-0.4, -0.2) is 43.0 Å². The second-order valence-corrected chi connectivity index (χ2v) is 5.71. The van der Waals surface area contributed by atoms with Crippen molar-refractivity contribution in [1.29, 1.82) is 0 Å². The molecule has 0 saturated heterocycles. The van der Waals surface area contributed by atoms with Crippen molar-refractivity contribution >= 4 is 29.0 Å². The van der Waals surface area contributed by atoms with Crippen LogP contribution < -0.4 is 11.1 Å². The number of nitrogens with one attached hydrogen (secondary N) is 1. The molecule has 0 aliphatic carbocycles. The summed E-state index contributed by atoms with van der Waals surface area (Å²) in [6, 6.07) is 5.33. The first-order chi connectivity index (χ1) is 8.45. The highest BCUT2D eigenvalue weighted by Gasteiger charge is 2.13. The molecule has 1 atom stereocenters. The van der Waals surface area contributed by atoms with Crippen LogP contribution in [0.5, 0.6) is 0 Å². The molecule has 18 heavy (non-hydrogen) atoms. The van der Waals surface area contributed by atoms with Gasteiger partial charge in [-0.1, -0.05) is 6.92 Å². The Kier molecular flexibility index (Phi) is 5.34. The van der Waals surface area contributed by atoms with Gasteiger partial charge in [-0.3, -0.25) is 4.79 Å². The smallest absolute Gasteiger partial charge is 0.255 e. The summed E-state index contributed by atoms with van der Waals surface area (Å²) in [6.45, 7) is 2.94. The van der Waals surface area contributed by atoms with Gasteiger partial charge in [-0.25, -0.2) is 0 Å². The first kappa shape index (κ1) is 14.7. The van der Waals surface area contributed by atoms with Gasteiger partial charge >= 0.3 is 0 Å². The third kappa shape index (κ3) is 3.84. The van der Waals surface area contributed by atoms with Crippen molar-refractivity contribution < 1.29 is 4.79 Å². The van der Waals surface area contributed by atoms with Crippen LogP contribution in [0.1, 0.15) is 17.3 Å². The van der Waals surface area contributed by atoms with Crippen molar-refractivity contribution in [3.8, 4) is 0 Å². The largest absolute Gasteiger partial charge is 0.399 e. The summed E-state index contributed by atoms with van der Waals surface area (Å²) in [4.78, 5) is 13.6. The van der Waals surface area contributed by atoms with Crippen molar-refractivity contribution in [2.75, 3.05) is 37.9 Å². The van der Waals surface area contributed by atoms with Crippen molar-refractivity contribution in [3.05, 3.63) is 23.8 Å². The van der Waals surface area contributed by atoms with Crippen LogP contribution in [0.15, 0.2) is 18.2 Å². The maximum atomic E-state index is 12.0. The standard InChI is InChI=1S/C13H21N3OS/c1-9(18-4)8-15-12-7-10(14)5-6-11(12)13(17)16(2)3/h5-7,9,15H,8,14H2,1-4H3. The van der Waals surface area contributed by atoms with Crippen molar-refractivity contribution in [1.82, 2.24) is 4.90 Å². The van der Waals surface area contributed by atoms with Gasteiger partial charge in [0.05, 0.1) is 5.56 Å². The van der Waals surface area contributed by atoms with Gasteiger partial charge in [-0.05, 0) is 24.5 Å². The van der Waals surface area contributed by atoms with Gasteiger partial charge in [0.15, 0.2) is 0 Å². The highest BCUT2D eigenvalue weighted by atomic mass is 32.2. The molecule has 1 aromatic carbocycles. The van der Waals surface area contributed by atoms with Crippen molar-refractivity contribution in [2.45, 2.75) is 12.2 Å². The van der Waals surface area contributed by atoms with Crippen LogP contribution in [0, 0.1) is 0 Å². The van der Waals surface area contributed by atoms with E-state index in [-0.39, 0.29) is 5.91 Å². The fourth-order valence-electron chi connectivity index (χ4n) is 1.47. The summed E-state index contributed by atoms with van der Waals surface area (Å²) >= 11 is 1.78. The molecule has 0 aromatic heterocycles. The lowest BCUT2D eigenvalue weighted by molar-refractivity contribution is 0.0828. The summed E-state index contributed by atoms with van der Waals surface area (Å²) in [5.74, 6) is -0.0192. The van der Waals surface area contributed by atoms with Gasteiger partial charge in [0, 0.05) is 37.3 Å². The maximum Gasteiger partial charge on any atom is 0.255 e. The van der Waals surface area contributed by atoms with Gasteiger partial charge in [0.1, 0.15) is 0 Å². The zero-order chi connectivity index (χ0) is 13.7. The lowest BCUT2D eigenvalue weighted by Gasteiger charge is -2.17. The molecule has 0 saturated carbocycles. The van der Waals surface area contributed by atoms with Gasteiger partial charge in [-0.2, -0.15) is 11.8 Å². The van der Waals surface area contributed by atoms with Gasteiger partial charge in [-0.15, -0.1) is 0 Å². The number of thioether (sulfide) groups is 1. The average molecular weight is 267 g/mol. The highest BCUT2D eigenvalue weighted by molar-refractivity contribution is 7.99. The Hall–Kier alpha value is -1.36. The second kappa shape index (κ2) is 6.54. The van der Waals surface area contributed by atoms with E-state index in [1.165, 1.54) is 0 Å². The number of nitrogens with zero attached hydrogens (tertiary/aromatic N) is 1. The molecule has 0 spiro atoms. The summed E-state index contributed by atoms with van der Waals surface area (Å²) in [6.07, 6.45) is 2.07. The predicted molar refractivity (Wildman–Crippen MR) is 80.3 cm³/mol. The Balaban J connectivity index is 2.93. The molecule has 0 bridgehead atoms. The molecule has 1 aromatic rings. The normalized spacial score (nSPS) is 12.0. The molecule has 0 radical (unpaired) electrons. The third-order valence-corrected chi connectivity index (χ3v) is 3.63. The zero-order valence-electron chi connectivity index (χ0n) is 11.4. The quantitative estimate of drug-likeness (QED) is 0.802. The predicted octanol–water partition coefficient (Wildman–Crippen LogP) is 2.13. The van der Waals surface area contributed by atoms with E-state index in [2.05, 4.69) is 18.5 Å². The monoisotopic (exact) mass is 267 g/mol. The van der Waals surface area contributed by atoms with E-state index in [0.29, 0.717) is 16.5 Å². The highest BCUT2D eigenvalue weighted by Crippen LogP contribution is 2.21. The summed E-state index contributed by atoms with van der Waals surface area (Å²) < 4.78 is 0. The molecule has 1 rings (SSSR count). The molecule has 0 aliphatic rings.